The molecule has 0 unspecified atom stereocenters. The molecular weight excluding hydrogens is 414 g/mol. The van der Waals surface area contributed by atoms with E-state index in [0.29, 0.717) is 23.8 Å². The number of para-hydroxylation sites is 1. The third-order valence-corrected chi connectivity index (χ3v) is 10.9. The van der Waals surface area contributed by atoms with Crippen molar-refractivity contribution in [3.63, 3.8) is 0 Å². The average Bonchev–Trinajstić information content (AvgIpc) is 3.11. The number of benzene rings is 2. The van der Waals surface area contributed by atoms with Gasteiger partial charge in [0.2, 0.25) is 5.89 Å². The topological polar surface area (TPSA) is 55.5 Å². The summed E-state index contributed by atoms with van der Waals surface area (Å²) < 4.78 is 12.8. The quantitative estimate of drug-likeness (QED) is 0.404. The Kier molecular flexibility index (Phi) is 6.77. The lowest BCUT2D eigenvalue weighted by Crippen LogP contribution is -2.47. The van der Waals surface area contributed by atoms with Crippen LogP contribution in [0.15, 0.2) is 46.9 Å². The standard InChI is InChI=1S/C24H32ClNO3Si/c1-7-20(27)21(29-30(5,6)24(2,3)4)15-17-9-8-10-19-22(17)28-23(26-19)16-11-13-18(25)14-12-16/h8-14,20-21,27H,7,15H2,1-6H3/t20-,21-/m0/s1. The molecule has 30 heavy (non-hydrogen) atoms. The monoisotopic (exact) mass is 445 g/mol. The van der Waals surface area contributed by atoms with Crippen LogP contribution in [-0.2, 0) is 10.8 Å². The molecule has 2 aromatic carbocycles. The summed E-state index contributed by atoms with van der Waals surface area (Å²) in [4.78, 5) is 4.66. The Morgan fingerprint density at radius 3 is 2.40 bits per heavy atom. The van der Waals surface area contributed by atoms with Crippen molar-refractivity contribution in [3.8, 4) is 11.5 Å². The number of hydrogen-bond acceptors (Lipinski definition) is 4. The van der Waals surface area contributed by atoms with Gasteiger partial charge in [0, 0.05) is 17.0 Å². The molecule has 1 aromatic heterocycles. The Hall–Kier alpha value is -1.66. The highest BCUT2D eigenvalue weighted by molar-refractivity contribution is 6.74. The van der Waals surface area contributed by atoms with Crippen LogP contribution in [0.1, 0.15) is 39.7 Å². The zero-order chi connectivity index (χ0) is 22.1. The fourth-order valence-electron chi connectivity index (χ4n) is 3.17. The third-order valence-electron chi connectivity index (χ3n) is 6.11. The summed E-state index contributed by atoms with van der Waals surface area (Å²) >= 11 is 6.00. The Morgan fingerprint density at radius 2 is 1.80 bits per heavy atom. The van der Waals surface area contributed by atoms with Crippen LogP contribution in [-0.4, -0.2) is 30.6 Å². The molecule has 0 saturated heterocycles. The maximum absolute atomic E-state index is 10.7. The van der Waals surface area contributed by atoms with Gasteiger partial charge in [0.25, 0.3) is 0 Å². The molecule has 0 spiro atoms. The molecule has 0 aliphatic heterocycles. The second kappa shape index (κ2) is 8.83. The third kappa shape index (κ3) is 4.97. The van der Waals surface area contributed by atoms with Crippen molar-refractivity contribution in [1.29, 1.82) is 0 Å². The molecule has 2 atom stereocenters. The van der Waals surface area contributed by atoms with Gasteiger partial charge in [-0.15, -0.1) is 0 Å². The van der Waals surface area contributed by atoms with Gasteiger partial charge in [-0.2, -0.15) is 0 Å². The molecule has 3 aromatic rings. The number of oxazole rings is 1. The van der Waals surface area contributed by atoms with Crippen molar-refractivity contribution in [1.82, 2.24) is 4.98 Å². The summed E-state index contributed by atoms with van der Waals surface area (Å²) in [5, 5.41) is 11.5. The Labute approximate surface area is 185 Å². The van der Waals surface area contributed by atoms with Crippen LogP contribution >= 0.6 is 11.6 Å². The molecule has 0 saturated carbocycles. The minimum Gasteiger partial charge on any atom is -0.436 e. The highest BCUT2D eigenvalue weighted by atomic mass is 35.5. The molecular formula is C24H32ClNO3Si. The van der Waals surface area contributed by atoms with Gasteiger partial charge < -0.3 is 13.9 Å². The molecule has 0 radical (unpaired) electrons. The number of aromatic nitrogens is 1. The van der Waals surface area contributed by atoms with E-state index < -0.39 is 14.4 Å². The summed E-state index contributed by atoms with van der Waals surface area (Å²) in [6, 6.07) is 13.4. The predicted molar refractivity (Wildman–Crippen MR) is 127 cm³/mol. The average molecular weight is 446 g/mol. The molecule has 0 fully saturated rings. The first-order chi connectivity index (χ1) is 14.0. The number of nitrogens with zero attached hydrogens (tertiary/aromatic N) is 1. The molecule has 162 valence electrons. The van der Waals surface area contributed by atoms with Crippen LogP contribution in [0.25, 0.3) is 22.6 Å². The Balaban J connectivity index is 1.94. The van der Waals surface area contributed by atoms with E-state index in [-0.39, 0.29) is 11.1 Å². The van der Waals surface area contributed by atoms with Crippen LogP contribution in [0.3, 0.4) is 0 Å². The predicted octanol–water partition coefficient (Wildman–Crippen LogP) is 6.85. The molecule has 0 amide bonds. The van der Waals surface area contributed by atoms with Gasteiger partial charge in [0.1, 0.15) is 5.52 Å². The lowest BCUT2D eigenvalue weighted by molar-refractivity contribution is 0.0258. The van der Waals surface area contributed by atoms with Crippen molar-refractivity contribution in [2.75, 3.05) is 0 Å². The van der Waals surface area contributed by atoms with E-state index in [0.717, 1.165) is 22.2 Å². The second-order valence-corrected chi connectivity index (χ2v) is 14.6. The minimum absolute atomic E-state index is 0.0682. The fraction of sp³-hybridized carbons (Fsp3) is 0.458. The lowest BCUT2D eigenvalue weighted by Gasteiger charge is -2.40. The molecule has 0 bridgehead atoms. The van der Waals surface area contributed by atoms with Gasteiger partial charge >= 0.3 is 0 Å². The zero-order valence-electron chi connectivity index (χ0n) is 18.7. The first kappa shape index (κ1) is 23.0. The van der Waals surface area contributed by atoms with Crippen LogP contribution in [0, 0.1) is 0 Å². The van der Waals surface area contributed by atoms with Crippen molar-refractivity contribution in [2.24, 2.45) is 0 Å². The Bertz CT molecular complexity index is 992. The van der Waals surface area contributed by atoms with Gasteiger partial charge in [-0.25, -0.2) is 4.98 Å². The summed E-state index contributed by atoms with van der Waals surface area (Å²) in [7, 11) is -2.04. The maximum Gasteiger partial charge on any atom is 0.227 e. The van der Waals surface area contributed by atoms with Crippen molar-refractivity contribution >= 4 is 31.0 Å². The van der Waals surface area contributed by atoms with E-state index in [9.17, 15) is 5.11 Å². The number of halogens is 1. The molecule has 1 heterocycles. The van der Waals surface area contributed by atoms with Crippen molar-refractivity contribution < 1.29 is 13.9 Å². The first-order valence-electron chi connectivity index (χ1n) is 10.5. The number of hydrogen-bond donors (Lipinski definition) is 1. The van der Waals surface area contributed by atoms with Crippen LogP contribution < -0.4 is 0 Å². The summed E-state index contributed by atoms with van der Waals surface area (Å²) in [5.74, 6) is 0.562. The number of fused-ring (bicyclic) bond motifs is 1. The van der Waals surface area contributed by atoms with Gasteiger partial charge in [-0.05, 0) is 60.4 Å². The first-order valence-corrected chi connectivity index (χ1v) is 13.8. The highest BCUT2D eigenvalue weighted by Crippen LogP contribution is 2.38. The van der Waals surface area contributed by atoms with Crippen LogP contribution in [0.2, 0.25) is 23.2 Å². The van der Waals surface area contributed by atoms with Crippen molar-refractivity contribution in [3.05, 3.63) is 53.1 Å². The SMILES string of the molecule is CC[C@H](O)[C@H](Cc1cccc2nc(-c3ccc(Cl)cc3)oc12)O[Si](C)(C)C(C)(C)C. The zero-order valence-corrected chi connectivity index (χ0v) is 20.5. The maximum atomic E-state index is 10.7. The Morgan fingerprint density at radius 1 is 1.13 bits per heavy atom. The molecule has 0 aliphatic rings. The van der Waals surface area contributed by atoms with Gasteiger partial charge in [0.15, 0.2) is 13.9 Å². The van der Waals surface area contributed by atoms with Crippen LogP contribution in [0.4, 0.5) is 0 Å². The number of aliphatic hydroxyl groups excluding tert-OH is 1. The summed E-state index contributed by atoms with van der Waals surface area (Å²) in [6.45, 7) is 13.1. The van der Waals surface area contributed by atoms with Gasteiger partial charge in [-0.1, -0.05) is 51.4 Å². The van der Waals surface area contributed by atoms with Gasteiger partial charge in [-0.3, -0.25) is 0 Å². The number of rotatable bonds is 7. The number of aliphatic hydroxyl groups is 1. The fourth-order valence-corrected chi connectivity index (χ4v) is 4.65. The van der Waals surface area contributed by atoms with E-state index in [1.54, 1.807) is 0 Å². The van der Waals surface area contributed by atoms with Gasteiger partial charge in [0.05, 0.1) is 12.2 Å². The second-order valence-electron chi connectivity index (χ2n) is 9.39. The van der Waals surface area contributed by atoms with E-state index in [1.807, 2.05) is 49.4 Å². The minimum atomic E-state index is -2.04. The van der Waals surface area contributed by atoms with Crippen molar-refractivity contribution in [2.45, 2.75) is 70.9 Å². The lowest BCUT2D eigenvalue weighted by atomic mass is 10.0. The van der Waals surface area contributed by atoms with E-state index in [2.05, 4.69) is 38.8 Å². The summed E-state index contributed by atoms with van der Waals surface area (Å²) in [6.07, 6.45) is 0.397. The summed E-state index contributed by atoms with van der Waals surface area (Å²) in [5.41, 5.74) is 3.42. The smallest absolute Gasteiger partial charge is 0.227 e. The molecule has 4 nitrogen and oxygen atoms in total. The normalized spacial score (nSPS) is 14.8. The van der Waals surface area contributed by atoms with E-state index >= 15 is 0 Å². The molecule has 3 rings (SSSR count). The molecule has 1 N–H and O–H groups in total. The molecule has 6 heteroatoms. The van der Waals surface area contributed by atoms with E-state index in [1.165, 1.54) is 0 Å². The molecule has 0 aliphatic carbocycles. The highest BCUT2D eigenvalue weighted by Gasteiger charge is 2.40. The van der Waals surface area contributed by atoms with E-state index in [4.69, 9.17) is 20.4 Å². The largest absolute Gasteiger partial charge is 0.436 e. The van der Waals surface area contributed by atoms with Crippen LogP contribution in [0.5, 0.6) is 0 Å².